The number of amides is 2. The number of carbonyl (C=O) groups excluding carboxylic acids is 1. The number of carbonyl (C=O) groups is 2. The molecule has 1 heterocycles. The van der Waals surface area contributed by atoms with E-state index >= 15 is 0 Å². The minimum absolute atomic E-state index is 0.0483. The molecule has 1 aliphatic carbocycles. The Morgan fingerprint density at radius 2 is 2.05 bits per heavy atom. The van der Waals surface area contributed by atoms with Gasteiger partial charge in [-0.2, -0.15) is 0 Å². The number of hydrogen-bond donors (Lipinski definition) is 2. The number of rotatable bonds is 3. The molecule has 1 saturated carbocycles. The van der Waals surface area contributed by atoms with Crippen LogP contribution in [0.1, 0.15) is 40.0 Å². The summed E-state index contributed by atoms with van der Waals surface area (Å²) in [6, 6.07) is -0.723. The summed E-state index contributed by atoms with van der Waals surface area (Å²) in [7, 11) is 0. The van der Waals surface area contributed by atoms with Crippen molar-refractivity contribution in [1.29, 1.82) is 0 Å². The second-order valence-electron chi connectivity index (χ2n) is 6.19. The third-order valence-corrected chi connectivity index (χ3v) is 5.92. The highest BCUT2D eigenvalue weighted by atomic mass is 32.2. The highest BCUT2D eigenvalue weighted by Gasteiger charge is 2.43. The zero-order chi connectivity index (χ0) is 14.9. The molecule has 2 rings (SSSR count). The molecule has 1 saturated heterocycles. The van der Waals surface area contributed by atoms with Crippen LogP contribution in [0.15, 0.2) is 0 Å². The van der Waals surface area contributed by atoms with Crippen molar-refractivity contribution in [2.45, 2.75) is 57.5 Å². The van der Waals surface area contributed by atoms with Crippen LogP contribution in [0.5, 0.6) is 0 Å². The van der Waals surface area contributed by atoms with Gasteiger partial charge in [0.1, 0.15) is 6.04 Å². The molecule has 1 aliphatic heterocycles. The SMILES string of the molecule is CC(C)C1SCC(C(=O)O)N1C(=O)NC1CCCC1C. The van der Waals surface area contributed by atoms with Crippen molar-refractivity contribution in [2.75, 3.05) is 5.75 Å². The third-order valence-electron chi connectivity index (χ3n) is 4.30. The van der Waals surface area contributed by atoms with Crippen LogP contribution in [0.3, 0.4) is 0 Å². The Balaban J connectivity index is 2.08. The topological polar surface area (TPSA) is 69.6 Å². The monoisotopic (exact) mass is 300 g/mol. The van der Waals surface area contributed by atoms with Gasteiger partial charge in [-0.3, -0.25) is 4.90 Å². The smallest absolute Gasteiger partial charge is 0.327 e. The highest BCUT2D eigenvalue weighted by Crippen LogP contribution is 2.34. The summed E-state index contributed by atoms with van der Waals surface area (Å²) in [6.45, 7) is 6.20. The van der Waals surface area contributed by atoms with Crippen molar-refractivity contribution in [3.05, 3.63) is 0 Å². The van der Waals surface area contributed by atoms with Crippen LogP contribution >= 0.6 is 11.8 Å². The van der Waals surface area contributed by atoms with Gasteiger partial charge in [0.25, 0.3) is 0 Å². The highest BCUT2D eigenvalue weighted by molar-refractivity contribution is 8.00. The molecule has 20 heavy (non-hydrogen) atoms. The summed E-state index contributed by atoms with van der Waals surface area (Å²) in [6.07, 6.45) is 3.27. The molecule has 0 radical (unpaired) electrons. The fourth-order valence-corrected chi connectivity index (χ4v) is 4.55. The largest absolute Gasteiger partial charge is 0.480 e. The second-order valence-corrected chi connectivity index (χ2v) is 7.34. The Morgan fingerprint density at radius 3 is 2.55 bits per heavy atom. The quantitative estimate of drug-likeness (QED) is 0.839. The molecule has 114 valence electrons. The van der Waals surface area contributed by atoms with Gasteiger partial charge in [0, 0.05) is 11.8 Å². The van der Waals surface area contributed by atoms with Gasteiger partial charge in [-0.1, -0.05) is 27.2 Å². The summed E-state index contributed by atoms with van der Waals surface area (Å²) in [5, 5.41) is 12.3. The molecule has 0 aromatic carbocycles. The lowest BCUT2D eigenvalue weighted by molar-refractivity contribution is -0.141. The van der Waals surface area contributed by atoms with Gasteiger partial charge in [-0.25, -0.2) is 9.59 Å². The molecule has 0 spiro atoms. The van der Waals surface area contributed by atoms with Gasteiger partial charge in [0.15, 0.2) is 0 Å². The molecule has 5 nitrogen and oxygen atoms in total. The molecule has 4 unspecified atom stereocenters. The van der Waals surface area contributed by atoms with Gasteiger partial charge in [0.05, 0.1) is 5.37 Å². The Morgan fingerprint density at radius 1 is 1.35 bits per heavy atom. The van der Waals surface area contributed by atoms with Gasteiger partial charge in [0.2, 0.25) is 0 Å². The van der Waals surface area contributed by atoms with E-state index in [1.165, 1.54) is 0 Å². The minimum atomic E-state index is -0.907. The number of nitrogens with zero attached hydrogens (tertiary/aromatic N) is 1. The Bertz CT molecular complexity index is 389. The standard InChI is InChI=1S/C14H24N2O3S/c1-8(2)12-16(11(7-20-12)13(17)18)14(19)15-10-6-4-5-9(10)3/h8-12H,4-7H2,1-3H3,(H,15,19)(H,17,18). The van der Waals surface area contributed by atoms with E-state index in [9.17, 15) is 14.7 Å². The van der Waals surface area contributed by atoms with Crippen molar-refractivity contribution in [1.82, 2.24) is 10.2 Å². The van der Waals surface area contributed by atoms with Crippen molar-refractivity contribution >= 4 is 23.8 Å². The maximum absolute atomic E-state index is 12.5. The molecule has 0 aromatic rings. The van der Waals surface area contributed by atoms with Gasteiger partial charge >= 0.3 is 12.0 Å². The zero-order valence-electron chi connectivity index (χ0n) is 12.3. The van der Waals surface area contributed by atoms with Crippen LogP contribution in [0, 0.1) is 11.8 Å². The van der Waals surface area contributed by atoms with Crippen LogP contribution in [0.4, 0.5) is 4.79 Å². The Labute approximate surface area is 124 Å². The average molecular weight is 300 g/mol. The first-order valence-corrected chi connectivity index (χ1v) is 8.40. The Hall–Kier alpha value is -0.910. The van der Waals surface area contributed by atoms with Crippen molar-refractivity contribution < 1.29 is 14.7 Å². The zero-order valence-corrected chi connectivity index (χ0v) is 13.2. The van der Waals surface area contributed by atoms with E-state index in [2.05, 4.69) is 12.2 Å². The first-order valence-electron chi connectivity index (χ1n) is 7.35. The first-order chi connectivity index (χ1) is 9.41. The van der Waals surface area contributed by atoms with E-state index in [0.717, 1.165) is 19.3 Å². The van der Waals surface area contributed by atoms with Gasteiger partial charge < -0.3 is 10.4 Å². The lowest BCUT2D eigenvalue weighted by Crippen LogP contribution is -2.53. The van der Waals surface area contributed by atoms with Gasteiger partial charge in [-0.05, 0) is 24.7 Å². The summed E-state index contributed by atoms with van der Waals surface area (Å²) in [5.41, 5.74) is 0. The van der Waals surface area contributed by atoms with E-state index < -0.39 is 12.0 Å². The fraction of sp³-hybridized carbons (Fsp3) is 0.857. The maximum atomic E-state index is 12.5. The molecule has 6 heteroatoms. The van der Waals surface area contributed by atoms with Crippen LogP contribution in [-0.4, -0.2) is 45.2 Å². The number of carboxylic acid groups (broad SMARTS) is 1. The molecule has 2 amide bonds. The molecular formula is C14H24N2O3S. The Kier molecular flexibility index (Phi) is 4.83. The number of aliphatic carboxylic acids is 1. The second kappa shape index (κ2) is 6.24. The van der Waals surface area contributed by atoms with Crippen LogP contribution in [0.25, 0.3) is 0 Å². The molecule has 0 aromatic heterocycles. The molecule has 2 N–H and O–H groups in total. The molecule has 2 fully saturated rings. The first kappa shape index (κ1) is 15.5. The number of carboxylic acids is 1. The van der Waals surface area contributed by atoms with Crippen LogP contribution in [0.2, 0.25) is 0 Å². The maximum Gasteiger partial charge on any atom is 0.327 e. The van der Waals surface area contributed by atoms with E-state index in [-0.39, 0.29) is 23.4 Å². The van der Waals surface area contributed by atoms with Gasteiger partial charge in [-0.15, -0.1) is 11.8 Å². The lowest BCUT2D eigenvalue weighted by Gasteiger charge is -2.31. The molecule has 0 bridgehead atoms. The molecule has 2 aliphatic rings. The number of nitrogens with one attached hydrogen (secondary N) is 1. The van der Waals surface area contributed by atoms with E-state index in [4.69, 9.17) is 0 Å². The lowest BCUT2D eigenvalue weighted by atomic mass is 10.1. The predicted octanol–water partition coefficient (Wildman–Crippen LogP) is 2.37. The van der Waals surface area contributed by atoms with Crippen molar-refractivity contribution in [3.8, 4) is 0 Å². The summed E-state index contributed by atoms with van der Waals surface area (Å²) in [5.74, 6) is 0.299. The fourth-order valence-electron chi connectivity index (χ4n) is 3.08. The number of urea groups is 1. The van der Waals surface area contributed by atoms with Crippen molar-refractivity contribution in [2.24, 2.45) is 11.8 Å². The minimum Gasteiger partial charge on any atom is -0.480 e. The van der Waals surface area contributed by atoms with E-state index in [1.807, 2.05) is 13.8 Å². The summed E-state index contributed by atoms with van der Waals surface area (Å²) >= 11 is 1.57. The van der Waals surface area contributed by atoms with Crippen molar-refractivity contribution in [3.63, 3.8) is 0 Å². The molecular weight excluding hydrogens is 276 g/mol. The normalized spacial score (nSPS) is 33.7. The van der Waals surface area contributed by atoms with E-state index in [0.29, 0.717) is 11.7 Å². The van der Waals surface area contributed by atoms with E-state index in [1.54, 1.807) is 16.7 Å². The number of hydrogen-bond acceptors (Lipinski definition) is 3. The third kappa shape index (κ3) is 3.05. The average Bonchev–Trinajstić information content (AvgIpc) is 2.96. The van der Waals surface area contributed by atoms with Crippen LogP contribution < -0.4 is 5.32 Å². The molecule has 4 atom stereocenters. The predicted molar refractivity (Wildman–Crippen MR) is 79.7 cm³/mol. The van der Waals surface area contributed by atoms with Crippen LogP contribution in [-0.2, 0) is 4.79 Å². The number of thioether (sulfide) groups is 1. The summed E-state index contributed by atoms with van der Waals surface area (Å²) in [4.78, 5) is 25.4. The summed E-state index contributed by atoms with van der Waals surface area (Å²) < 4.78 is 0.